The van der Waals surface area contributed by atoms with Gasteiger partial charge in [0, 0.05) is 57.9 Å². The van der Waals surface area contributed by atoms with Gasteiger partial charge in [0.2, 0.25) is 11.7 Å². The van der Waals surface area contributed by atoms with Crippen LogP contribution in [0.3, 0.4) is 0 Å². The smallest absolute Gasteiger partial charge is 0.253 e. The number of methoxy groups -OCH3 is 3. The molecular weight excluding hydrogens is 618 g/mol. The van der Waals surface area contributed by atoms with Gasteiger partial charge in [-0.1, -0.05) is 30.3 Å². The van der Waals surface area contributed by atoms with Crippen LogP contribution in [-0.2, 0) is 11.3 Å². The number of aryl methyl sites for hydroxylation is 2. The predicted molar refractivity (Wildman–Crippen MR) is 196 cm³/mol. The first-order valence-corrected chi connectivity index (χ1v) is 17.4. The average Bonchev–Trinajstić information content (AvgIpc) is 3.31. The number of para-hydroxylation sites is 2. The molecule has 49 heavy (non-hydrogen) atoms. The monoisotopic (exact) mass is 671 g/mol. The second kappa shape index (κ2) is 16.9. The lowest BCUT2D eigenvalue weighted by molar-refractivity contribution is 0.0782. The Kier molecular flexibility index (Phi) is 12.4. The van der Waals surface area contributed by atoms with Gasteiger partial charge in [-0.15, -0.1) is 0 Å². The van der Waals surface area contributed by atoms with Gasteiger partial charge < -0.3 is 38.2 Å². The fraction of sp³-hybridized carbons (Fsp3) is 0.487. The highest BCUT2D eigenvalue weighted by atomic mass is 16.5. The normalized spacial score (nSPS) is 14.5. The average molecular weight is 672 g/mol. The fourth-order valence-electron chi connectivity index (χ4n) is 6.78. The largest absolute Gasteiger partial charge is 0.493 e. The summed E-state index contributed by atoms with van der Waals surface area (Å²) in [6.45, 7) is 13.9. The van der Waals surface area contributed by atoms with Gasteiger partial charge in [0.15, 0.2) is 11.5 Å². The van der Waals surface area contributed by atoms with Crippen molar-refractivity contribution >= 4 is 22.9 Å². The number of ether oxygens (including phenoxy) is 4. The molecule has 4 aromatic rings. The van der Waals surface area contributed by atoms with Crippen LogP contribution in [-0.4, -0.2) is 106 Å². The van der Waals surface area contributed by atoms with E-state index in [1.807, 2.05) is 18.9 Å². The molecule has 0 N–H and O–H groups in total. The van der Waals surface area contributed by atoms with Crippen molar-refractivity contribution in [1.82, 2.24) is 19.4 Å². The van der Waals surface area contributed by atoms with Crippen molar-refractivity contribution in [3.05, 3.63) is 76.9 Å². The zero-order valence-electron chi connectivity index (χ0n) is 30.3. The second-order valence-corrected chi connectivity index (χ2v) is 12.9. The number of imidazole rings is 1. The molecule has 1 amide bonds. The van der Waals surface area contributed by atoms with Crippen LogP contribution < -0.4 is 19.1 Å². The molecule has 10 nitrogen and oxygen atoms in total. The fourth-order valence-corrected chi connectivity index (χ4v) is 6.78. The highest BCUT2D eigenvalue weighted by Gasteiger charge is 2.25. The molecule has 1 aliphatic heterocycles. The zero-order chi connectivity index (χ0) is 34.9. The first-order chi connectivity index (χ1) is 23.8. The number of likely N-dealkylation sites (N-methyl/N-ethyl adjacent to an activating group) is 1. The van der Waals surface area contributed by atoms with Crippen molar-refractivity contribution < 1.29 is 23.7 Å². The van der Waals surface area contributed by atoms with Gasteiger partial charge in [0.05, 0.1) is 39.0 Å². The zero-order valence-corrected chi connectivity index (χ0v) is 30.3. The van der Waals surface area contributed by atoms with Crippen LogP contribution >= 0.6 is 0 Å². The highest BCUT2D eigenvalue weighted by Crippen LogP contribution is 2.38. The third-order valence-electron chi connectivity index (χ3n) is 9.72. The number of hydrogen-bond acceptors (Lipinski definition) is 8. The minimum atomic E-state index is -0.0919. The molecule has 5 rings (SSSR count). The molecule has 0 spiro atoms. The number of aromatic nitrogens is 2. The lowest BCUT2D eigenvalue weighted by Gasteiger charge is -2.28. The van der Waals surface area contributed by atoms with E-state index in [4.69, 9.17) is 23.9 Å². The molecular formula is C39H53N5O5. The SMILES string of the molecule is CCOCCn1c(N2CCCN(CCC(CN(C)C(=O)c3cc(OC)c(OC)c(OC)c3)c3ccc(C)c(C)c3)CC2)nc2ccccc21. The molecule has 1 fully saturated rings. The third-order valence-corrected chi connectivity index (χ3v) is 9.72. The van der Waals surface area contributed by atoms with E-state index in [0.717, 1.165) is 69.1 Å². The van der Waals surface area contributed by atoms with Crippen LogP contribution in [0.4, 0.5) is 5.95 Å². The van der Waals surface area contributed by atoms with E-state index >= 15 is 0 Å². The summed E-state index contributed by atoms with van der Waals surface area (Å²) in [6, 6.07) is 18.5. The molecule has 0 radical (unpaired) electrons. The minimum absolute atomic E-state index is 0.0919. The number of rotatable bonds is 15. The Bertz CT molecular complexity index is 1680. The molecule has 10 heteroatoms. The maximum atomic E-state index is 13.8. The number of benzene rings is 3. The lowest BCUT2D eigenvalue weighted by Crippen LogP contribution is -2.35. The summed E-state index contributed by atoms with van der Waals surface area (Å²) in [5.74, 6) is 2.50. The predicted octanol–water partition coefficient (Wildman–Crippen LogP) is 6.17. The van der Waals surface area contributed by atoms with Crippen molar-refractivity contribution in [3.8, 4) is 17.2 Å². The topological polar surface area (TPSA) is 81.5 Å². The van der Waals surface area contributed by atoms with E-state index in [2.05, 4.69) is 70.7 Å². The van der Waals surface area contributed by atoms with Gasteiger partial charge in [-0.05, 0) is 87.7 Å². The molecule has 0 bridgehead atoms. The molecule has 1 unspecified atom stereocenters. The number of amides is 1. The van der Waals surface area contributed by atoms with Gasteiger partial charge in [-0.3, -0.25) is 4.79 Å². The van der Waals surface area contributed by atoms with E-state index in [-0.39, 0.29) is 11.8 Å². The lowest BCUT2D eigenvalue weighted by atomic mass is 9.92. The van der Waals surface area contributed by atoms with Crippen molar-refractivity contribution in [1.29, 1.82) is 0 Å². The quantitative estimate of drug-likeness (QED) is 0.139. The molecule has 1 atom stereocenters. The summed E-state index contributed by atoms with van der Waals surface area (Å²) >= 11 is 0. The molecule has 264 valence electrons. The summed E-state index contributed by atoms with van der Waals surface area (Å²) in [6.07, 6.45) is 1.99. The van der Waals surface area contributed by atoms with Crippen molar-refractivity contribution in [2.75, 3.05) is 85.8 Å². The molecule has 1 aliphatic rings. The third kappa shape index (κ3) is 8.48. The second-order valence-electron chi connectivity index (χ2n) is 12.9. The first-order valence-electron chi connectivity index (χ1n) is 17.4. The maximum absolute atomic E-state index is 13.8. The Morgan fingerprint density at radius 1 is 0.898 bits per heavy atom. The van der Waals surface area contributed by atoms with Gasteiger partial charge in [-0.2, -0.15) is 0 Å². The number of nitrogens with zero attached hydrogens (tertiary/aromatic N) is 5. The van der Waals surface area contributed by atoms with E-state index < -0.39 is 0 Å². The number of fused-ring (bicyclic) bond motifs is 1. The Morgan fingerprint density at radius 2 is 1.65 bits per heavy atom. The highest BCUT2D eigenvalue weighted by molar-refractivity contribution is 5.95. The van der Waals surface area contributed by atoms with Crippen molar-refractivity contribution in [2.24, 2.45) is 0 Å². The molecule has 0 saturated carbocycles. The van der Waals surface area contributed by atoms with Crippen LogP contribution in [0.15, 0.2) is 54.6 Å². The van der Waals surface area contributed by atoms with Gasteiger partial charge in [-0.25, -0.2) is 4.98 Å². The molecule has 3 aromatic carbocycles. The first kappa shape index (κ1) is 36.0. The van der Waals surface area contributed by atoms with E-state index in [1.54, 1.807) is 33.5 Å². The van der Waals surface area contributed by atoms with Crippen LogP contribution in [0.1, 0.15) is 52.7 Å². The number of carbonyl (C=O) groups is 1. The Balaban J connectivity index is 1.30. The standard InChI is InChI=1S/C39H53N5O5/c1-8-49-23-22-44-34-13-10-9-12-33(34)40-39(44)43-18-11-17-42(20-21-43)19-16-31(30-15-14-28(2)29(3)24-30)27-41(4)38(45)32-25-35(46-5)37(48-7)36(26-32)47-6/h9-10,12-15,24-26,31H,8,11,16-23,27H2,1-7H3. The van der Waals surface area contributed by atoms with Crippen LogP contribution in [0.5, 0.6) is 17.2 Å². The maximum Gasteiger partial charge on any atom is 0.253 e. The van der Waals surface area contributed by atoms with Crippen LogP contribution in [0, 0.1) is 13.8 Å². The van der Waals surface area contributed by atoms with Gasteiger partial charge >= 0.3 is 0 Å². The number of carbonyl (C=O) groups excluding carboxylic acids is 1. The number of hydrogen-bond donors (Lipinski definition) is 0. The van der Waals surface area contributed by atoms with Gasteiger partial charge in [0.25, 0.3) is 5.91 Å². The molecule has 2 heterocycles. The molecule has 0 aliphatic carbocycles. The molecule has 1 aromatic heterocycles. The Labute approximate surface area is 291 Å². The summed E-state index contributed by atoms with van der Waals surface area (Å²) in [5.41, 5.74) is 6.46. The number of anilines is 1. The van der Waals surface area contributed by atoms with Crippen molar-refractivity contribution in [3.63, 3.8) is 0 Å². The summed E-state index contributed by atoms with van der Waals surface area (Å²) in [4.78, 5) is 25.7. The summed E-state index contributed by atoms with van der Waals surface area (Å²) in [5, 5.41) is 0. The van der Waals surface area contributed by atoms with Crippen molar-refractivity contribution in [2.45, 2.75) is 46.1 Å². The minimum Gasteiger partial charge on any atom is -0.493 e. The van der Waals surface area contributed by atoms with E-state index in [0.29, 0.717) is 42.6 Å². The summed E-state index contributed by atoms with van der Waals surface area (Å²) in [7, 11) is 6.56. The summed E-state index contributed by atoms with van der Waals surface area (Å²) < 4.78 is 24.6. The Hall–Kier alpha value is -4.28. The van der Waals surface area contributed by atoms with E-state index in [9.17, 15) is 4.79 Å². The molecule has 1 saturated heterocycles. The van der Waals surface area contributed by atoms with E-state index in [1.165, 1.54) is 16.7 Å². The van der Waals surface area contributed by atoms with Crippen LogP contribution in [0.25, 0.3) is 11.0 Å². The van der Waals surface area contributed by atoms with Crippen LogP contribution in [0.2, 0.25) is 0 Å². The van der Waals surface area contributed by atoms with Gasteiger partial charge in [0.1, 0.15) is 0 Å². The Morgan fingerprint density at radius 3 is 2.35 bits per heavy atom.